The summed E-state index contributed by atoms with van der Waals surface area (Å²) in [6, 6.07) is 7.88. The van der Waals surface area contributed by atoms with Crippen LogP contribution in [-0.4, -0.2) is 25.0 Å². The quantitative estimate of drug-likeness (QED) is 0.620. The SMILES string of the molecule is Cn1cc(CC=Nc2ccccc2O[Si](C)C)cn1. The summed E-state index contributed by atoms with van der Waals surface area (Å²) >= 11 is 0. The topological polar surface area (TPSA) is 39.4 Å². The van der Waals surface area contributed by atoms with Crippen molar-refractivity contribution in [3.8, 4) is 5.75 Å². The summed E-state index contributed by atoms with van der Waals surface area (Å²) in [6.45, 7) is 4.22. The first-order chi connectivity index (χ1) is 9.15. The number of nitrogens with zero attached hydrogens (tertiary/aromatic N) is 3. The van der Waals surface area contributed by atoms with Crippen LogP contribution in [0.15, 0.2) is 41.7 Å². The maximum absolute atomic E-state index is 5.82. The highest BCUT2D eigenvalue weighted by Gasteiger charge is 2.04. The molecule has 1 heterocycles. The lowest BCUT2D eigenvalue weighted by Crippen LogP contribution is -2.11. The number of aryl methyl sites for hydroxylation is 1. The molecule has 1 aromatic heterocycles. The molecule has 0 saturated carbocycles. The van der Waals surface area contributed by atoms with E-state index in [1.54, 1.807) is 4.68 Å². The Morgan fingerprint density at radius 1 is 1.37 bits per heavy atom. The van der Waals surface area contributed by atoms with Crippen LogP contribution < -0.4 is 4.43 Å². The highest BCUT2D eigenvalue weighted by molar-refractivity contribution is 6.49. The molecule has 0 N–H and O–H groups in total. The maximum atomic E-state index is 5.82. The van der Waals surface area contributed by atoms with Gasteiger partial charge in [-0.15, -0.1) is 0 Å². The van der Waals surface area contributed by atoms with Gasteiger partial charge in [0.2, 0.25) is 0 Å². The molecule has 0 aliphatic heterocycles. The average molecular weight is 272 g/mol. The van der Waals surface area contributed by atoms with Crippen molar-refractivity contribution in [1.29, 1.82) is 0 Å². The molecule has 0 atom stereocenters. The Bertz CT molecular complexity index is 563. The van der Waals surface area contributed by atoms with Gasteiger partial charge in [-0.25, -0.2) is 0 Å². The molecule has 1 radical (unpaired) electrons. The van der Waals surface area contributed by atoms with Crippen LogP contribution in [0.1, 0.15) is 5.56 Å². The maximum Gasteiger partial charge on any atom is 0.274 e. The molecular formula is C14H18N3OSi. The third kappa shape index (κ3) is 4.06. The zero-order valence-electron chi connectivity index (χ0n) is 11.5. The molecule has 0 saturated heterocycles. The lowest BCUT2D eigenvalue weighted by Gasteiger charge is -2.10. The predicted octanol–water partition coefficient (Wildman–Crippen LogP) is 3.00. The number of aromatic nitrogens is 2. The number of aliphatic imine (C=N–C) groups is 1. The summed E-state index contributed by atoms with van der Waals surface area (Å²) in [7, 11) is 1.14. The second-order valence-electron chi connectivity index (χ2n) is 4.52. The first-order valence-corrected chi connectivity index (χ1v) is 8.63. The molecule has 99 valence electrons. The highest BCUT2D eigenvalue weighted by atomic mass is 28.3. The van der Waals surface area contributed by atoms with Crippen molar-refractivity contribution in [3.63, 3.8) is 0 Å². The van der Waals surface area contributed by atoms with Gasteiger partial charge in [-0.05, 0) is 30.8 Å². The Kier molecular flexibility index (Phi) is 4.51. The van der Waals surface area contributed by atoms with Gasteiger partial charge in [0, 0.05) is 25.9 Å². The minimum atomic E-state index is -0.769. The lowest BCUT2D eigenvalue weighted by molar-refractivity contribution is 0.582. The fourth-order valence-corrected chi connectivity index (χ4v) is 2.31. The van der Waals surface area contributed by atoms with Crippen molar-refractivity contribution in [2.75, 3.05) is 0 Å². The van der Waals surface area contributed by atoms with Gasteiger partial charge in [0.25, 0.3) is 9.04 Å². The van der Waals surface area contributed by atoms with E-state index in [2.05, 4.69) is 23.2 Å². The molecule has 0 unspecified atom stereocenters. The summed E-state index contributed by atoms with van der Waals surface area (Å²) < 4.78 is 7.62. The second kappa shape index (κ2) is 6.33. The minimum Gasteiger partial charge on any atom is -0.541 e. The van der Waals surface area contributed by atoms with Crippen molar-refractivity contribution in [2.45, 2.75) is 19.5 Å². The van der Waals surface area contributed by atoms with Crippen LogP contribution in [0.25, 0.3) is 0 Å². The standard InChI is InChI=1S/C14H18N3OSi/c1-17-11-12(10-16-17)8-9-15-13-6-4-5-7-14(13)18-19(2)3/h4-7,9-11H,8H2,1-3H3. The molecular weight excluding hydrogens is 254 g/mol. The van der Waals surface area contributed by atoms with E-state index < -0.39 is 9.04 Å². The Morgan fingerprint density at radius 2 is 2.16 bits per heavy atom. The largest absolute Gasteiger partial charge is 0.541 e. The fraction of sp³-hybridized carbons (Fsp3) is 0.286. The molecule has 0 aliphatic rings. The number of hydrogen-bond acceptors (Lipinski definition) is 3. The number of para-hydroxylation sites is 2. The van der Waals surface area contributed by atoms with E-state index in [-0.39, 0.29) is 0 Å². The Morgan fingerprint density at radius 3 is 2.84 bits per heavy atom. The van der Waals surface area contributed by atoms with E-state index in [4.69, 9.17) is 4.43 Å². The van der Waals surface area contributed by atoms with Gasteiger partial charge >= 0.3 is 0 Å². The van der Waals surface area contributed by atoms with Gasteiger partial charge in [0.1, 0.15) is 11.4 Å². The minimum absolute atomic E-state index is 0.769. The number of hydrogen-bond donors (Lipinski definition) is 0. The third-order valence-electron chi connectivity index (χ3n) is 2.50. The lowest BCUT2D eigenvalue weighted by atomic mass is 10.2. The van der Waals surface area contributed by atoms with Gasteiger partial charge in [-0.2, -0.15) is 5.10 Å². The summed E-state index contributed by atoms with van der Waals surface area (Å²) in [4.78, 5) is 4.49. The Hall–Kier alpha value is -1.88. The van der Waals surface area contributed by atoms with Gasteiger partial charge in [0.15, 0.2) is 0 Å². The van der Waals surface area contributed by atoms with Crippen LogP contribution >= 0.6 is 0 Å². The van der Waals surface area contributed by atoms with E-state index in [9.17, 15) is 0 Å². The van der Waals surface area contributed by atoms with E-state index in [1.807, 2.05) is 49.9 Å². The van der Waals surface area contributed by atoms with Crippen molar-refractivity contribution >= 4 is 20.9 Å². The molecule has 2 rings (SSSR count). The van der Waals surface area contributed by atoms with Crippen molar-refractivity contribution < 1.29 is 4.43 Å². The molecule has 2 aromatic rings. The first kappa shape index (κ1) is 13.5. The summed E-state index contributed by atoms with van der Waals surface area (Å²) in [6.07, 6.45) is 6.52. The normalized spacial score (nSPS) is 11.4. The predicted molar refractivity (Wildman–Crippen MR) is 79.6 cm³/mol. The first-order valence-electron chi connectivity index (χ1n) is 6.22. The van der Waals surface area contributed by atoms with Crippen molar-refractivity contribution in [1.82, 2.24) is 9.78 Å². The average Bonchev–Trinajstić information content (AvgIpc) is 2.77. The monoisotopic (exact) mass is 272 g/mol. The third-order valence-corrected chi connectivity index (χ3v) is 3.12. The number of rotatable bonds is 5. The molecule has 0 spiro atoms. The van der Waals surface area contributed by atoms with Crippen molar-refractivity contribution in [2.24, 2.45) is 12.0 Å². The second-order valence-corrected chi connectivity index (χ2v) is 6.54. The molecule has 0 bridgehead atoms. The van der Waals surface area contributed by atoms with E-state index in [0.717, 1.165) is 23.4 Å². The van der Waals surface area contributed by atoms with Crippen LogP contribution in [0.3, 0.4) is 0 Å². The van der Waals surface area contributed by atoms with Crippen LogP contribution in [0.5, 0.6) is 5.75 Å². The van der Waals surface area contributed by atoms with Crippen LogP contribution in [0.4, 0.5) is 5.69 Å². The molecule has 0 fully saturated rings. The zero-order chi connectivity index (χ0) is 13.7. The fourth-order valence-electron chi connectivity index (χ4n) is 1.70. The summed E-state index contributed by atoms with van der Waals surface area (Å²) in [5.74, 6) is 0.865. The van der Waals surface area contributed by atoms with Gasteiger partial charge in [-0.3, -0.25) is 9.67 Å². The van der Waals surface area contributed by atoms with Gasteiger partial charge in [-0.1, -0.05) is 12.1 Å². The molecule has 0 amide bonds. The molecule has 5 heteroatoms. The van der Waals surface area contributed by atoms with E-state index in [0.29, 0.717) is 0 Å². The van der Waals surface area contributed by atoms with Crippen LogP contribution in [0, 0.1) is 0 Å². The number of benzene rings is 1. The molecule has 4 nitrogen and oxygen atoms in total. The summed E-state index contributed by atoms with van der Waals surface area (Å²) in [5.41, 5.74) is 2.04. The molecule has 1 aromatic carbocycles. The van der Waals surface area contributed by atoms with Gasteiger partial charge < -0.3 is 4.43 Å². The van der Waals surface area contributed by atoms with Crippen LogP contribution in [-0.2, 0) is 13.5 Å². The Balaban J connectivity index is 2.05. The molecule has 19 heavy (non-hydrogen) atoms. The molecule has 0 aliphatic carbocycles. The van der Waals surface area contributed by atoms with Crippen molar-refractivity contribution in [3.05, 3.63) is 42.2 Å². The van der Waals surface area contributed by atoms with Gasteiger partial charge in [0.05, 0.1) is 6.20 Å². The Labute approximate surface area is 115 Å². The zero-order valence-corrected chi connectivity index (χ0v) is 12.5. The summed E-state index contributed by atoms with van der Waals surface area (Å²) in [5, 5.41) is 4.13. The van der Waals surface area contributed by atoms with E-state index in [1.165, 1.54) is 0 Å². The van der Waals surface area contributed by atoms with E-state index >= 15 is 0 Å². The highest BCUT2D eigenvalue weighted by Crippen LogP contribution is 2.27. The van der Waals surface area contributed by atoms with Crippen LogP contribution in [0.2, 0.25) is 13.1 Å². The smallest absolute Gasteiger partial charge is 0.274 e.